The van der Waals surface area contributed by atoms with Crippen molar-refractivity contribution < 1.29 is 42.0 Å². The third kappa shape index (κ3) is 7.65. The van der Waals surface area contributed by atoms with Crippen LogP contribution < -0.4 is 17.2 Å². The molecule has 2 heterocycles. The van der Waals surface area contributed by atoms with Gasteiger partial charge in [-0.2, -0.15) is 13.4 Å². The average molecular weight is 440 g/mol. The van der Waals surface area contributed by atoms with Crippen molar-refractivity contribution >= 4 is 22.2 Å². The highest BCUT2D eigenvalue weighted by atomic mass is 32.3. The fraction of sp³-hybridized carbons (Fsp3) is 0.643. The monoisotopic (exact) mass is 440 g/mol. The van der Waals surface area contributed by atoms with Gasteiger partial charge < -0.3 is 31.2 Å². The molecule has 29 heavy (non-hydrogen) atoms. The van der Waals surface area contributed by atoms with E-state index in [4.69, 9.17) is 38.5 Å². The molecule has 1 aromatic heterocycles. The Kier molecular flexibility index (Phi) is 8.64. The van der Waals surface area contributed by atoms with Gasteiger partial charge in [0, 0.05) is 6.20 Å². The largest absolute Gasteiger partial charge is 0.462 e. The van der Waals surface area contributed by atoms with Crippen LogP contribution in [0.5, 0.6) is 0 Å². The van der Waals surface area contributed by atoms with Crippen LogP contribution >= 0.6 is 0 Å². The van der Waals surface area contributed by atoms with Crippen LogP contribution in [-0.2, 0) is 24.7 Å². The summed E-state index contributed by atoms with van der Waals surface area (Å²) in [5.74, 6) is -0.716. The molecule has 15 heteroatoms. The molecule has 1 aliphatic rings. The lowest BCUT2D eigenvalue weighted by atomic mass is 10.1. The molecule has 0 spiro atoms. The predicted molar refractivity (Wildman–Crippen MR) is 96.8 cm³/mol. The van der Waals surface area contributed by atoms with E-state index in [1.807, 2.05) is 0 Å². The SMILES string of the molecule is CC(C)[C@H](N)C(=O)OC[C@H]1O[C@@H](n2ccc(N)nc2=O)[C@@H](O)[C@@H]1O.O=S(=O)(O)O. The second-order valence-corrected chi connectivity index (χ2v) is 7.33. The number of hydrogen-bond donors (Lipinski definition) is 6. The van der Waals surface area contributed by atoms with Crippen molar-refractivity contribution in [3.8, 4) is 0 Å². The first-order chi connectivity index (χ1) is 13.2. The predicted octanol–water partition coefficient (Wildman–Crippen LogP) is -2.68. The van der Waals surface area contributed by atoms with Gasteiger partial charge in [-0.15, -0.1) is 0 Å². The van der Waals surface area contributed by atoms with Crippen molar-refractivity contribution in [3.05, 3.63) is 22.7 Å². The third-order valence-corrected chi connectivity index (χ3v) is 3.84. The number of ether oxygens (including phenoxy) is 2. The molecule has 1 fully saturated rings. The van der Waals surface area contributed by atoms with Crippen LogP contribution in [-0.4, -0.2) is 74.2 Å². The first-order valence-electron chi connectivity index (χ1n) is 8.20. The Morgan fingerprint density at radius 3 is 2.38 bits per heavy atom. The molecule has 1 aliphatic heterocycles. The molecular weight excluding hydrogens is 416 g/mol. The fourth-order valence-corrected chi connectivity index (χ4v) is 2.25. The highest BCUT2D eigenvalue weighted by Crippen LogP contribution is 2.28. The number of rotatable bonds is 5. The van der Waals surface area contributed by atoms with Crippen LogP contribution in [0.4, 0.5) is 5.82 Å². The maximum atomic E-state index is 11.8. The van der Waals surface area contributed by atoms with Crippen LogP contribution in [0.1, 0.15) is 20.1 Å². The van der Waals surface area contributed by atoms with Gasteiger partial charge in [0.05, 0.1) is 0 Å². The van der Waals surface area contributed by atoms with Crippen molar-refractivity contribution in [2.45, 2.75) is 44.4 Å². The molecule has 1 aromatic rings. The lowest BCUT2D eigenvalue weighted by molar-refractivity contribution is -0.152. The molecule has 0 aliphatic carbocycles. The van der Waals surface area contributed by atoms with E-state index in [0.29, 0.717) is 0 Å². The highest BCUT2D eigenvalue weighted by Gasteiger charge is 2.44. The second kappa shape index (κ2) is 10.1. The van der Waals surface area contributed by atoms with E-state index in [2.05, 4.69) is 4.98 Å². The van der Waals surface area contributed by atoms with Crippen molar-refractivity contribution in [2.24, 2.45) is 11.7 Å². The number of nitrogen functional groups attached to an aromatic ring is 1. The molecule has 2 rings (SSSR count). The van der Waals surface area contributed by atoms with E-state index >= 15 is 0 Å². The van der Waals surface area contributed by atoms with E-state index in [0.717, 1.165) is 4.57 Å². The van der Waals surface area contributed by atoms with Gasteiger partial charge in [-0.05, 0) is 12.0 Å². The number of carbonyl (C=O) groups excluding carboxylic acids is 1. The quantitative estimate of drug-likeness (QED) is 0.202. The second-order valence-electron chi connectivity index (χ2n) is 6.44. The fourth-order valence-electron chi connectivity index (χ4n) is 2.25. The average Bonchev–Trinajstić information content (AvgIpc) is 2.85. The summed E-state index contributed by atoms with van der Waals surface area (Å²) in [6, 6.07) is 0.562. The van der Waals surface area contributed by atoms with E-state index in [-0.39, 0.29) is 18.3 Å². The Morgan fingerprint density at radius 1 is 1.34 bits per heavy atom. The smallest absolute Gasteiger partial charge is 0.394 e. The van der Waals surface area contributed by atoms with Crippen LogP contribution in [0.15, 0.2) is 17.1 Å². The zero-order valence-electron chi connectivity index (χ0n) is 15.5. The summed E-state index contributed by atoms with van der Waals surface area (Å²) >= 11 is 0. The van der Waals surface area contributed by atoms with Crippen molar-refractivity contribution in [2.75, 3.05) is 12.3 Å². The third-order valence-electron chi connectivity index (χ3n) is 3.84. The minimum atomic E-state index is -4.67. The molecule has 0 radical (unpaired) electrons. The van der Waals surface area contributed by atoms with Gasteiger partial charge in [-0.25, -0.2) is 4.79 Å². The molecule has 0 saturated carbocycles. The number of hydrogen-bond acceptors (Lipinski definition) is 11. The molecular formula is C14H24N4O10S. The molecule has 0 bridgehead atoms. The number of anilines is 1. The van der Waals surface area contributed by atoms with Crippen molar-refractivity contribution in [3.63, 3.8) is 0 Å². The number of esters is 1. The van der Waals surface area contributed by atoms with Crippen molar-refractivity contribution in [1.29, 1.82) is 0 Å². The van der Waals surface area contributed by atoms with E-state index in [1.165, 1.54) is 12.3 Å². The van der Waals surface area contributed by atoms with Crippen molar-refractivity contribution in [1.82, 2.24) is 9.55 Å². The molecule has 0 amide bonds. The number of aliphatic hydroxyl groups excluding tert-OH is 2. The van der Waals surface area contributed by atoms with Gasteiger partial charge in [0.2, 0.25) is 0 Å². The van der Waals surface area contributed by atoms with Crippen LogP contribution in [0.2, 0.25) is 0 Å². The summed E-state index contributed by atoms with van der Waals surface area (Å²) < 4.78 is 43.1. The first kappa shape index (κ1) is 24.9. The summed E-state index contributed by atoms with van der Waals surface area (Å²) in [5.41, 5.74) is 10.3. The lowest BCUT2D eigenvalue weighted by Crippen LogP contribution is -2.40. The summed E-state index contributed by atoms with van der Waals surface area (Å²) in [6.45, 7) is 3.24. The van der Waals surface area contributed by atoms with Gasteiger partial charge in [0.1, 0.15) is 36.8 Å². The van der Waals surface area contributed by atoms with Crippen LogP contribution in [0, 0.1) is 5.92 Å². The van der Waals surface area contributed by atoms with Crippen LogP contribution in [0.3, 0.4) is 0 Å². The van der Waals surface area contributed by atoms with Gasteiger partial charge in [-0.1, -0.05) is 13.8 Å². The summed E-state index contributed by atoms with van der Waals surface area (Å²) in [7, 11) is -4.67. The molecule has 0 unspecified atom stereocenters. The molecule has 166 valence electrons. The Morgan fingerprint density at radius 2 is 1.90 bits per heavy atom. The number of nitrogens with two attached hydrogens (primary N) is 2. The van der Waals surface area contributed by atoms with Gasteiger partial charge >= 0.3 is 22.1 Å². The molecule has 5 atom stereocenters. The van der Waals surface area contributed by atoms with E-state index < -0.39 is 52.6 Å². The van der Waals surface area contributed by atoms with Crippen LogP contribution in [0.25, 0.3) is 0 Å². The molecule has 1 saturated heterocycles. The molecule has 14 nitrogen and oxygen atoms in total. The highest BCUT2D eigenvalue weighted by molar-refractivity contribution is 7.79. The Bertz CT molecular complexity index is 850. The summed E-state index contributed by atoms with van der Waals surface area (Å²) in [4.78, 5) is 27.1. The van der Waals surface area contributed by atoms with Gasteiger partial charge in [0.15, 0.2) is 6.23 Å². The standard InChI is InChI=1S/C14H22N4O6.H2O4S/c1-6(2)9(16)13(21)23-5-7-10(19)11(20)12(24-7)18-4-3-8(15)17-14(18)22;1-5(2,3)4/h3-4,6-7,9-12,19-20H,5,16H2,1-2H3,(H2,15,17,22);(H2,1,2,3,4)/t7-,9+,10-,11+,12-;/m1./s1. The number of aromatic nitrogens is 2. The Hall–Kier alpha value is -2.14. The van der Waals surface area contributed by atoms with Gasteiger partial charge in [0.25, 0.3) is 0 Å². The minimum absolute atomic E-state index is 0.0254. The number of aliphatic hydroxyl groups is 2. The van der Waals surface area contributed by atoms with E-state index in [1.54, 1.807) is 13.8 Å². The minimum Gasteiger partial charge on any atom is -0.462 e. The van der Waals surface area contributed by atoms with E-state index in [9.17, 15) is 19.8 Å². The molecule has 8 N–H and O–H groups in total. The maximum Gasteiger partial charge on any atom is 0.394 e. The number of carbonyl (C=O) groups is 1. The maximum absolute atomic E-state index is 11.8. The first-order valence-corrected chi connectivity index (χ1v) is 9.60. The summed E-state index contributed by atoms with van der Waals surface area (Å²) in [5, 5.41) is 20.1. The zero-order chi connectivity index (χ0) is 22.5. The lowest BCUT2D eigenvalue weighted by Gasteiger charge is -2.18. The van der Waals surface area contributed by atoms with Gasteiger partial charge in [-0.3, -0.25) is 18.5 Å². The normalized spacial score (nSPS) is 25.2. The summed E-state index contributed by atoms with van der Waals surface area (Å²) in [6.07, 6.45) is -3.60. The molecule has 0 aromatic carbocycles. The Balaban J connectivity index is 0.000000749. The zero-order valence-corrected chi connectivity index (χ0v) is 16.3. The number of nitrogens with zero attached hydrogens (tertiary/aromatic N) is 2. The Labute approximate surface area is 165 Å². The topological polar surface area (TPSA) is 238 Å².